The number of hydrogen-bond acceptors (Lipinski definition) is 6. The fourth-order valence-electron chi connectivity index (χ4n) is 6.08. The summed E-state index contributed by atoms with van der Waals surface area (Å²) in [7, 11) is -4.35. The minimum atomic E-state index is -4.35. The maximum atomic E-state index is 12.8. The van der Waals surface area contributed by atoms with Crippen LogP contribution in [0.2, 0.25) is 0 Å². The van der Waals surface area contributed by atoms with Gasteiger partial charge in [-0.3, -0.25) is 13.8 Å². The number of carbonyl (C=O) groups excluding carboxylic acids is 1. The number of carbonyl (C=O) groups is 1. The minimum Gasteiger partial charge on any atom is -0.387 e. The SMILES string of the molecule is CC/C=C\C/C=C\C/C=C\C/C=C\C/C=C\C/C=C\CCCCCCC(=O)NC(COP(=O)(O)OCCN)C(O)/C=C/CCCCCCCCCCCCCCC. The molecule has 0 saturated carbocycles. The van der Waals surface area contributed by atoms with Gasteiger partial charge in [0.15, 0.2) is 0 Å². The molecule has 0 heterocycles. The van der Waals surface area contributed by atoms with Crippen molar-refractivity contribution in [2.24, 2.45) is 5.73 Å². The van der Waals surface area contributed by atoms with Crippen molar-refractivity contribution in [1.29, 1.82) is 0 Å². The molecule has 9 heteroatoms. The van der Waals surface area contributed by atoms with Crippen LogP contribution in [-0.2, 0) is 18.4 Å². The van der Waals surface area contributed by atoms with Gasteiger partial charge in [0.25, 0.3) is 0 Å². The second-order valence-electron chi connectivity index (χ2n) is 14.9. The first-order valence-corrected chi connectivity index (χ1v) is 24.2. The molecule has 0 fully saturated rings. The molecule has 57 heavy (non-hydrogen) atoms. The number of aliphatic hydroxyl groups is 1. The summed E-state index contributed by atoms with van der Waals surface area (Å²) >= 11 is 0. The van der Waals surface area contributed by atoms with Crippen molar-refractivity contribution < 1.29 is 28.4 Å². The molecule has 8 nitrogen and oxygen atoms in total. The Hall–Kier alpha value is -2.32. The Kier molecular flexibility index (Phi) is 41.5. The average Bonchev–Trinajstić information content (AvgIpc) is 3.20. The molecule has 0 aromatic carbocycles. The van der Waals surface area contributed by atoms with Gasteiger partial charge in [0.05, 0.1) is 25.4 Å². The fraction of sp³-hybridized carbons (Fsp3) is 0.688. The normalized spacial score (nSPS) is 14.8. The monoisotopic (exact) mass is 817 g/mol. The molecule has 5 N–H and O–H groups in total. The van der Waals surface area contributed by atoms with Crippen molar-refractivity contribution in [3.63, 3.8) is 0 Å². The van der Waals surface area contributed by atoms with Crippen molar-refractivity contribution in [2.45, 2.75) is 193 Å². The molecule has 3 unspecified atom stereocenters. The van der Waals surface area contributed by atoms with E-state index in [-0.39, 0.29) is 25.7 Å². The van der Waals surface area contributed by atoms with E-state index in [2.05, 4.69) is 92.1 Å². The maximum Gasteiger partial charge on any atom is 0.472 e. The molecule has 0 aromatic rings. The van der Waals surface area contributed by atoms with Crippen LogP contribution < -0.4 is 11.1 Å². The number of amides is 1. The Morgan fingerprint density at radius 3 is 1.49 bits per heavy atom. The van der Waals surface area contributed by atoms with Crippen LogP contribution in [0.4, 0.5) is 0 Å². The Labute approximate surface area is 349 Å². The predicted molar refractivity (Wildman–Crippen MR) is 244 cm³/mol. The Balaban J connectivity index is 4.27. The highest BCUT2D eigenvalue weighted by Crippen LogP contribution is 2.43. The predicted octanol–water partition coefficient (Wildman–Crippen LogP) is 13.0. The highest BCUT2D eigenvalue weighted by Gasteiger charge is 2.26. The van der Waals surface area contributed by atoms with Gasteiger partial charge in [0.2, 0.25) is 5.91 Å². The topological polar surface area (TPSA) is 131 Å². The van der Waals surface area contributed by atoms with Crippen LogP contribution in [0.1, 0.15) is 181 Å². The Morgan fingerprint density at radius 1 is 0.596 bits per heavy atom. The minimum absolute atomic E-state index is 0.0695. The molecule has 0 spiro atoms. The van der Waals surface area contributed by atoms with Crippen molar-refractivity contribution in [2.75, 3.05) is 19.8 Å². The van der Waals surface area contributed by atoms with E-state index in [4.69, 9.17) is 14.8 Å². The molecule has 0 bridgehead atoms. The molecule has 1 amide bonds. The molecule has 0 aliphatic carbocycles. The lowest BCUT2D eigenvalue weighted by atomic mass is 10.0. The first-order valence-electron chi connectivity index (χ1n) is 22.7. The van der Waals surface area contributed by atoms with Gasteiger partial charge < -0.3 is 21.1 Å². The van der Waals surface area contributed by atoms with Crippen molar-refractivity contribution >= 4 is 13.7 Å². The largest absolute Gasteiger partial charge is 0.472 e. The summed E-state index contributed by atoms with van der Waals surface area (Å²) in [4.78, 5) is 22.7. The van der Waals surface area contributed by atoms with Crippen LogP contribution in [0, 0.1) is 0 Å². The van der Waals surface area contributed by atoms with Gasteiger partial charge in [-0.05, 0) is 70.6 Å². The van der Waals surface area contributed by atoms with E-state index in [1.807, 2.05) is 6.08 Å². The van der Waals surface area contributed by atoms with E-state index >= 15 is 0 Å². The van der Waals surface area contributed by atoms with Crippen LogP contribution in [0.3, 0.4) is 0 Å². The molecular formula is C48H85N2O6P. The summed E-state index contributed by atoms with van der Waals surface area (Å²) in [6.45, 7) is 3.99. The smallest absolute Gasteiger partial charge is 0.387 e. The zero-order valence-corrected chi connectivity index (χ0v) is 37.2. The number of nitrogens with one attached hydrogen (secondary N) is 1. The third-order valence-electron chi connectivity index (χ3n) is 9.48. The van der Waals surface area contributed by atoms with Gasteiger partial charge in [-0.2, -0.15) is 0 Å². The zero-order chi connectivity index (χ0) is 41.8. The van der Waals surface area contributed by atoms with Crippen LogP contribution in [0.15, 0.2) is 85.1 Å². The van der Waals surface area contributed by atoms with Gasteiger partial charge in [-0.1, -0.05) is 189 Å². The standard InChI is InChI=1S/C48H85N2O6P/c1-3-5-7-9-11-13-15-17-19-20-21-22-23-24-25-26-28-30-32-34-36-38-40-42-48(52)50-46(45-56-57(53,54)55-44-43-49)47(51)41-39-37-35-33-31-29-27-18-16-14-12-10-8-6-4-2/h5,7,11,13,17,19,21-22,24-25,28,30,39,41,46-47,51H,3-4,6,8-10,12,14-16,18,20,23,26-27,29,31-38,40,42-45,49H2,1-2H3,(H,50,52)(H,53,54)/b7-5-,13-11-,19-17-,22-21-,25-24-,30-28-,41-39+. The lowest BCUT2D eigenvalue weighted by Gasteiger charge is -2.23. The van der Waals surface area contributed by atoms with E-state index in [1.54, 1.807) is 6.08 Å². The summed E-state index contributed by atoms with van der Waals surface area (Å²) in [5.74, 6) is -0.222. The number of allylic oxidation sites excluding steroid dienone is 13. The lowest BCUT2D eigenvalue weighted by Crippen LogP contribution is -2.45. The summed E-state index contributed by atoms with van der Waals surface area (Å²) < 4.78 is 22.1. The lowest BCUT2D eigenvalue weighted by molar-refractivity contribution is -0.123. The molecule has 0 rings (SSSR count). The molecule has 328 valence electrons. The van der Waals surface area contributed by atoms with E-state index in [0.29, 0.717) is 6.42 Å². The van der Waals surface area contributed by atoms with Gasteiger partial charge >= 0.3 is 7.82 Å². The zero-order valence-electron chi connectivity index (χ0n) is 36.3. The first kappa shape index (κ1) is 54.7. The van der Waals surface area contributed by atoms with E-state index in [0.717, 1.165) is 89.9 Å². The van der Waals surface area contributed by atoms with Crippen molar-refractivity contribution in [3.05, 3.63) is 85.1 Å². The van der Waals surface area contributed by atoms with Crippen LogP contribution in [0.5, 0.6) is 0 Å². The highest BCUT2D eigenvalue weighted by atomic mass is 31.2. The van der Waals surface area contributed by atoms with E-state index < -0.39 is 20.0 Å². The van der Waals surface area contributed by atoms with Crippen LogP contribution in [0.25, 0.3) is 0 Å². The summed E-state index contributed by atoms with van der Waals surface area (Å²) in [5.41, 5.74) is 5.37. The van der Waals surface area contributed by atoms with Crippen LogP contribution in [-0.4, -0.2) is 47.8 Å². The van der Waals surface area contributed by atoms with Crippen molar-refractivity contribution in [3.8, 4) is 0 Å². The molecule has 0 aliphatic heterocycles. The number of phosphoric acid groups is 1. The quantitative estimate of drug-likeness (QED) is 0.0274. The van der Waals surface area contributed by atoms with E-state index in [1.165, 1.54) is 70.6 Å². The average molecular weight is 817 g/mol. The van der Waals surface area contributed by atoms with Crippen molar-refractivity contribution in [1.82, 2.24) is 5.32 Å². The third kappa shape index (κ3) is 41.6. The second kappa shape index (κ2) is 43.3. The molecule has 3 atom stereocenters. The number of nitrogens with two attached hydrogens (primary N) is 1. The number of rotatable bonds is 41. The van der Waals surface area contributed by atoms with Gasteiger partial charge in [-0.25, -0.2) is 4.57 Å². The van der Waals surface area contributed by atoms with Gasteiger partial charge in [0.1, 0.15) is 0 Å². The third-order valence-corrected chi connectivity index (χ3v) is 10.5. The molecule has 0 aliphatic rings. The summed E-state index contributed by atoms with van der Waals surface area (Å²) in [6, 6.07) is -0.879. The number of hydrogen-bond donors (Lipinski definition) is 4. The fourth-order valence-corrected chi connectivity index (χ4v) is 6.83. The van der Waals surface area contributed by atoms with E-state index in [9.17, 15) is 19.4 Å². The molecular weight excluding hydrogens is 732 g/mol. The Bertz CT molecular complexity index is 1160. The second-order valence-corrected chi connectivity index (χ2v) is 16.3. The van der Waals surface area contributed by atoms with Crippen LogP contribution >= 0.6 is 7.82 Å². The van der Waals surface area contributed by atoms with Gasteiger partial charge in [-0.15, -0.1) is 0 Å². The highest BCUT2D eigenvalue weighted by molar-refractivity contribution is 7.47. The molecule has 0 aromatic heterocycles. The summed E-state index contributed by atoms with van der Waals surface area (Å²) in [5, 5.41) is 13.7. The van der Waals surface area contributed by atoms with Gasteiger partial charge in [0, 0.05) is 13.0 Å². The number of aliphatic hydroxyl groups excluding tert-OH is 1. The first-order chi connectivity index (χ1) is 27.9. The molecule has 0 saturated heterocycles. The maximum absolute atomic E-state index is 12.8. The number of unbranched alkanes of at least 4 members (excludes halogenated alkanes) is 17. The summed E-state index contributed by atoms with van der Waals surface area (Å²) in [6.07, 6.45) is 57.7. The Morgan fingerprint density at radius 2 is 1.02 bits per heavy atom. The number of phosphoric ester groups is 1. The molecule has 0 radical (unpaired) electrons.